The van der Waals surface area contributed by atoms with Crippen molar-refractivity contribution >= 4 is 34.4 Å². The number of benzene rings is 1. The van der Waals surface area contributed by atoms with Gasteiger partial charge in [-0.3, -0.25) is 14.9 Å². The number of anilines is 1. The molecule has 2 amide bonds. The summed E-state index contributed by atoms with van der Waals surface area (Å²) in [5, 5.41) is 3.43. The van der Waals surface area contributed by atoms with Crippen LogP contribution in [0.15, 0.2) is 24.3 Å². The molecule has 0 radical (unpaired) electrons. The first-order valence-corrected chi connectivity index (χ1v) is 11.0. The van der Waals surface area contributed by atoms with Crippen LogP contribution in [0.2, 0.25) is 0 Å². The number of thiazole rings is 1. The molecule has 1 N–H and O–H groups in total. The van der Waals surface area contributed by atoms with Gasteiger partial charge in [-0.1, -0.05) is 17.4 Å². The maximum Gasteiger partial charge on any atom is 0.255 e. The largest absolute Gasteiger partial charge is 0.493 e. The minimum absolute atomic E-state index is 0.0706. The minimum Gasteiger partial charge on any atom is -0.493 e. The molecule has 164 valence electrons. The summed E-state index contributed by atoms with van der Waals surface area (Å²) < 4.78 is 16.0. The van der Waals surface area contributed by atoms with E-state index in [2.05, 4.69) is 10.3 Å². The predicted octanol–water partition coefficient (Wildman–Crippen LogP) is 2.88. The molecule has 0 saturated carbocycles. The topological polar surface area (TPSA) is 90.0 Å². The SMILES string of the molecule is COc1ccc(/C=C/C(=O)N2CCc3nc(NC(=O)[C@@H]4CCCO4)sc3C2)cc1OC. The van der Waals surface area contributed by atoms with Crippen LogP contribution in [0, 0.1) is 0 Å². The van der Waals surface area contributed by atoms with Crippen LogP contribution in [0.25, 0.3) is 6.08 Å². The van der Waals surface area contributed by atoms with E-state index in [9.17, 15) is 9.59 Å². The number of hydrogen-bond donors (Lipinski definition) is 1. The van der Waals surface area contributed by atoms with Gasteiger partial charge in [-0.2, -0.15) is 0 Å². The normalized spacial score (nSPS) is 18.1. The lowest BCUT2D eigenvalue weighted by atomic mass is 10.1. The number of nitrogens with zero attached hydrogens (tertiary/aromatic N) is 2. The second kappa shape index (κ2) is 9.49. The van der Waals surface area contributed by atoms with Gasteiger partial charge < -0.3 is 19.1 Å². The van der Waals surface area contributed by atoms with E-state index in [1.165, 1.54) is 11.3 Å². The quantitative estimate of drug-likeness (QED) is 0.691. The van der Waals surface area contributed by atoms with Gasteiger partial charge in [-0.15, -0.1) is 0 Å². The van der Waals surface area contributed by atoms with E-state index in [-0.39, 0.29) is 17.9 Å². The molecule has 3 heterocycles. The Morgan fingerprint density at radius 1 is 1.29 bits per heavy atom. The van der Waals surface area contributed by atoms with Crippen molar-refractivity contribution < 1.29 is 23.8 Å². The van der Waals surface area contributed by atoms with Crippen molar-refractivity contribution in [1.29, 1.82) is 0 Å². The van der Waals surface area contributed by atoms with Gasteiger partial charge in [0, 0.05) is 30.5 Å². The first-order valence-electron chi connectivity index (χ1n) is 10.2. The molecule has 8 nitrogen and oxygen atoms in total. The molecule has 0 spiro atoms. The van der Waals surface area contributed by atoms with Crippen molar-refractivity contribution in [2.75, 3.05) is 32.7 Å². The van der Waals surface area contributed by atoms with Crippen LogP contribution in [0.4, 0.5) is 5.13 Å². The van der Waals surface area contributed by atoms with E-state index >= 15 is 0 Å². The molecule has 1 atom stereocenters. The number of methoxy groups -OCH3 is 2. The van der Waals surface area contributed by atoms with Gasteiger partial charge in [0.2, 0.25) is 5.91 Å². The number of hydrogen-bond acceptors (Lipinski definition) is 7. The van der Waals surface area contributed by atoms with E-state index < -0.39 is 0 Å². The van der Waals surface area contributed by atoms with Crippen molar-refractivity contribution in [3.63, 3.8) is 0 Å². The van der Waals surface area contributed by atoms with Gasteiger partial charge in [0.15, 0.2) is 16.6 Å². The molecular weight excluding hydrogens is 418 g/mol. The molecule has 1 aromatic heterocycles. The standard InChI is InChI=1S/C22H25N3O5S/c1-28-16-7-5-14(12-18(16)29-2)6-8-20(26)25-10-9-15-19(13-25)31-22(23-15)24-21(27)17-4-3-11-30-17/h5-8,12,17H,3-4,9-11,13H2,1-2H3,(H,23,24,27)/b8-6+/t17-/m0/s1. The predicted molar refractivity (Wildman–Crippen MR) is 117 cm³/mol. The number of rotatable bonds is 6. The van der Waals surface area contributed by atoms with Gasteiger partial charge in [0.25, 0.3) is 5.91 Å². The number of aromatic nitrogens is 1. The molecule has 0 bridgehead atoms. The number of carbonyl (C=O) groups excluding carboxylic acids is 2. The zero-order valence-electron chi connectivity index (χ0n) is 17.6. The third kappa shape index (κ3) is 4.88. The van der Waals surface area contributed by atoms with Gasteiger partial charge in [0.05, 0.1) is 26.5 Å². The Kier molecular flexibility index (Phi) is 6.53. The molecule has 1 aromatic carbocycles. The maximum atomic E-state index is 12.7. The van der Waals surface area contributed by atoms with Crippen molar-refractivity contribution in [2.45, 2.75) is 31.9 Å². The third-order valence-electron chi connectivity index (χ3n) is 5.32. The number of ether oxygens (including phenoxy) is 3. The lowest BCUT2D eigenvalue weighted by molar-refractivity contribution is -0.127. The van der Waals surface area contributed by atoms with E-state index in [1.807, 2.05) is 12.1 Å². The highest BCUT2D eigenvalue weighted by Crippen LogP contribution is 2.30. The highest BCUT2D eigenvalue weighted by atomic mass is 32.1. The third-order valence-corrected chi connectivity index (χ3v) is 6.32. The molecule has 2 aliphatic rings. The summed E-state index contributed by atoms with van der Waals surface area (Å²) in [4.78, 5) is 32.3. The Morgan fingerprint density at radius 2 is 2.13 bits per heavy atom. The van der Waals surface area contributed by atoms with Gasteiger partial charge in [-0.05, 0) is 36.6 Å². The van der Waals surface area contributed by atoms with Gasteiger partial charge in [0.1, 0.15) is 6.10 Å². The zero-order chi connectivity index (χ0) is 21.8. The number of nitrogens with one attached hydrogen (secondary N) is 1. The summed E-state index contributed by atoms with van der Waals surface area (Å²) in [6.07, 6.45) is 5.25. The minimum atomic E-state index is -0.388. The average molecular weight is 444 g/mol. The molecular formula is C22H25N3O5S. The van der Waals surface area contributed by atoms with Crippen molar-refractivity contribution in [2.24, 2.45) is 0 Å². The summed E-state index contributed by atoms with van der Waals surface area (Å²) in [5.41, 5.74) is 1.79. The fraction of sp³-hybridized carbons (Fsp3) is 0.409. The fourth-order valence-corrected chi connectivity index (χ4v) is 4.66. The summed E-state index contributed by atoms with van der Waals surface area (Å²) >= 11 is 1.42. The van der Waals surface area contributed by atoms with Gasteiger partial charge in [-0.25, -0.2) is 4.98 Å². The smallest absolute Gasteiger partial charge is 0.255 e. The van der Waals surface area contributed by atoms with Crippen LogP contribution in [0.3, 0.4) is 0 Å². The molecule has 31 heavy (non-hydrogen) atoms. The van der Waals surface area contributed by atoms with Crippen molar-refractivity contribution in [1.82, 2.24) is 9.88 Å². The number of fused-ring (bicyclic) bond motifs is 1. The second-order valence-electron chi connectivity index (χ2n) is 7.34. The maximum absolute atomic E-state index is 12.7. The first-order chi connectivity index (χ1) is 15.1. The average Bonchev–Trinajstić information content (AvgIpc) is 3.46. The van der Waals surface area contributed by atoms with E-state index in [0.717, 1.165) is 29.0 Å². The van der Waals surface area contributed by atoms with Crippen molar-refractivity contribution in [3.05, 3.63) is 40.4 Å². The number of carbonyl (C=O) groups is 2. The summed E-state index contributed by atoms with van der Waals surface area (Å²) in [7, 11) is 3.16. The monoisotopic (exact) mass is 443 g/mol. The molecule has 0 aliphatic carbocycles. The van der Waals surface area contributed by atoms with E-state index in [1.54, 1.807) is 37.3 Å². The van der Waals surface area contributed by atoms with Crippen LogP contribution in [0.1, 0.15) is 29.0 Å². The molecule has 1 fully saturated rings. The Hall–Kier alpha value is -2.91. The summed E-state index contributed by atoms with van der Waals surface area (Å²) in [6.45, 7) is 1.70. The van der Waals surface area contributed by atoms with Crippen LogP contribution in [0.5, 0.6) is 11.5 Å². The highest BCUT2D eigenvalue weighted by Gasteiger charge is 2.27. The Labute approximate surface area is 184 Å². The summed E-state index contributed by atoms with van der Waals surface area (Å²) in [6, 6.07) is 5.49. The highest BCUT2D eigenvalue weighted by molar-refractivity contribution is 7.15. The zero-order valence-corrected chi connectivity index (χ0v) is 18.4. The van der Waals surface area contributed by atoms with Crippen LogP contribution in [-0.4, -0.2) is 55.2 Å². The number of amides is 2. The van der Waals surface area contributed by atoms with Gasteiger partial charge >= 0.3 is 0 Å². The van der Waals surface area contributed by atoms with Crippen LogP contribution in [-0.2, 0) is 27.3 Å². The second-order valence-corrected chi connectivity index (χ2v) is 8.42. The molecule has 2 aliphatic heterocycles. The van der Waals surface area contributed by atoms with E-state index in [0.29, 0.717) is 42.7 Å². The first kappa shape index (κ1) is 21.3. The fourth-order valence-electron chi connectivity index (χ4n) is 3.64. The van der Waals surface area contributed by atoms with Crippen LogP contribution >= 0.6 is 11.3 Å². The lowest BCUT2D eigenvalue weighted by Crippen LogP contribution is -2.34. The van der Waals surface area contributed by atoms with E-state index in [4.69, 9.17) is 14.2 Å². The molecule has 4 rings (SSSR count). The molecule has 2 aromatic rings. The Morgan fingerprint density at radius 3 is 2.87 bits per heavy atom. The molecule has 1 saturated heterocycles. The summed E-state index contributed by atoms with van der Waals surface area (Å²) in [5.74, 6) is 1.04. The Bertz CT molecular complexity index is 997. The van der Waals surface area contributed by atoms with Crippen molar-refractivity contribution in [3.8, 4) is 11.5 Å². The van der Waals surface area contributed by atoms with Crippen LogP contribution < -0.4 is 14.8 Å². The molecule has 0 unspecified atom stereocenters. The lowest BCUT2D eigenvalue weighted by Gasteiger charge is -2.24. The Balaban J connectivity index is 1.38. The molecule has 9 heteroatoms.